The predicted octanol–water partition coefficient (Wildman–Crippen LogP) is 2.37. The molecule has 0 radical (unpaired) electrons. The van der Waals surface area contributed by atoms with E-state index in [1.54, 1.807) is 23.0 Å². The van der Waals surface area contributed by atoms with Crippen LogP contribution in [0.25, 0.3) is 0 Å². The average Bonchev–Trinajstić information content (AvgIpc) is 2.43. The normalized spacial score (nSPS) is 10.6. The van der Waals surface area contributed by atoms with Gasteiger partial charge in [-0.1, -0.05) is 6.07 Å². The summed E-state index contributed by atoms with van der Waals surface area (Å²) in [5.74, 6) is 0.129. The summed E-state index contributed by atoms with van der Waals surface area (Å²) < 4.78 is 14.6. The van der Waals surface area contributed by atoms with Gasteiger partial charge >= 0.3 is 0 Å². The zero-order chi connectivity index (χ0) is 14.5. The summed E-state index contributed by atoms with van der Waals surface area (Å²) in [7, 11) is 0. The van der Waals surface area contributed by atoms with E-state index in [0.717, 1.165) is 11.1 Å². The van der Waals surface area contributed by atoms with Crippen LogP contribution in [0.15, 0.2) is 35.4 Å². The lowest BCUT2D eigenvalue weighted by molar-refractivity contribution is 0.625. The molecule has 5 heteroatoms. The Labute approximate surface area is 117 Å². The van der Waals surface area contributed by atoms with Crippen molar-refractivity contribution in [1.82, 2.24) is 9.55 Å². The number of benzene rings is 1. The monoisotopic (exact) mass is 275 g/mol. The highest BCUT2D eigenvalue weighted by Gasteiger charge is 2.04. The van der Waals surface area contributed by atoms with Gasteiger partial charge in [-0.15, -0.1) is 0 Å². The fourth-order valence-corrected chi connectivity index (χ4v) is 2.07. The van der Waals surface area contributed by atoms with Gasteiger partial charge < -0.3 is 9.88 Å². The fourth-order valence-electron chi connectivity index (χ4n) is 2.07. The van der Waals surface area contributed by atoms with E-state index < -0.39 is 0 Å². The second-order valence-corrected chi connectivity index (χ2v) is 4.61. The quantitative estimate of drug-likeness (QED) is 0.911. The molecule has 1 heterocycles. The molecular weight excluding hydrogens is 257 g/mol. The molecule has 0 saturated carbocycles. The van der Waals surface area contributed by atoms with E-state index in [9.17, 15) is 9.18 Å². The van der Waals surface area contributed by atoms with Gasteiger partial charge in [0, 0.05) is 25.5 Å². The van der Waals surface area contributed by atoms with Crippen molar-refractivity contribution in [3.05, 3.63) is 57.9 Å². The number of aryl methyl sites for hydroxylation is 2. The highest BCUT2D eigenvalue weighted by atomic mass is 19.1. The third-order valence-corrected chi connectivity index (χ3v) is 3.25. The van der Waals surface area contributed by atoms with E-state index in [-0.39, 0.29) is 11.4 Å². The first-order valence-corrected chi connectivity index (χ1v) is 6.66. The number of aromatic nitrogens is 2. The minimum Gasteiger partial charge on any atom is -0.365 e. The van der Waals surface area contributed by atoms with Crippen LogP contribution in [0.1, 0.15) is 18.1 Å². The van der Waals surface area contributed by atoms with Gasteiger partial charge in [0.25, 0.3) is 5.56 Å². The number of rotatable bonds is 5. The van der Waals surface area contributed by atoms with E-state index >= 15 is 0 Å². The van der Waals surface area contributed by atoms with Crippen LogP contribution in [0.5, 0.6) is 0 Å². The summed E-state index contributed by atoms with van der Waals surface area (Å²) in [4.78, 5) is 16.0. The maximum absolute atomic E-state index is 13.0. The Morgan fingerprint density at radius 1 is 1.40 bits per heavy atom. The first-order chi connectivity index (χ1) is 9.61. The van der Waals surface area contributed by atoms with Gasteiger partial charge in [-0.05, 0) is 43.5 Å². The number of hydrogen-bond acceptors (Lipinski definition) is 3. The van der Waals surface area contributed by atoms with Crippen LogP contribution in [-0.2, 0) is 13.0 Å². The van der Waals surface area contributed by atoms with Gasteiger partial charge in [0.15, 0.2) is 5.82 Å². The van der Waals surface area contributed by atoms with Crippen molar-refractivity contribution in [3.63, 3.8) is 0 Å². The van der Waals surface area contributed by atoms with Crippen molar-refractivity contribution in [2.24, 2.45) is 0 Å². The van der Waals surface area contributed by atoms with E-state index in [1.807, 2.05) is 13.8 Å². The molecule has 1 N–H and O–H groups in total. The molecule has 0 bridgehead atoms. The summed E-state index contributed by atoms with van der Waals surface area (Å²) in [6.45, 7) is 4.99. The molecule has 0 fully saturated rings. The Balaban J connectivity index is 2.01. The lowest BCUT2D eigenvalue weighted by Crippen LogP contribution is -2.24. The SMILES string of the molecule is CCn1ccnc(NCCc2ccc(F)cc2C)c1=O. The lowest BCUT2D eigenvalue weighted by atomic mass is 10.1. The Hall–Kier alpha value is -2.17. The second kappa shape index (κ2) is 6.32. The molecule has 0 spiro atoms. The van der Waals surface area contributed by atoms with Crippen molar-refractivity contribution in [1.29, 1.82) is 0 Å². The summed E-state index contributed by atoms with van der Waals surface area (Å²) in [6, 6.07) is 4.74. The molecule has 0 aliphatic rings. The molecule has 106 valence electrons. The maximum Gasteiger partial charge on any atom is 0.293 e. The molecular formula is C15H18FN3O. The van der Waals surface area contributed by atoms with Crippen LogP contribution in [0, 0.1) is 12.7 Å². The molecule has 1 aromatic carbocycles. The van der Waals surface area contributed by atoms with Gasteiger partial charge in [-0.2, -0.15) is 0 Å². The Bertz CT molecular complexity index is 652. The Kier molecular flexibility index (Phi) is 4.50. The van der Waals surface area contributed by atoms with Crippen LogP contribution < -0.4 is 10.9 Å². The molecule has 2 aromatic rings. The first-order valence-electron chi connectivity index (χ1n) is 6.66. The van der Waals surface area contributed by atoms with E-state index in [1.165, 1.54) is 12.1 Å². The van der Waals surface area contributed by atoms with Crippen LogP contribution in [-0.4, -0.2) is 16.1 Å². The summed E-state index contributed by atoms with van der Waals surface area (Å²) in [5.41, 5.74) is 1.86. The highest BCUT2D eigenvalue weighted by Crippen LogP contribution is 2.10. The van der Waals surface area contributed by atoms with Gasteiger partial charge in [0.2, 0.25) is 0 Å². The molecule has 4 nitrogen and oxygen atoms in total. The van der Waals surface area contributed by atoms with Crippen LogP contribution in [0.4, 0.5) is 10.2 Å². The van der Waals surface area contributed by atoms with Crippen molar-refractivity contribution >= 4 is 5.82 Å². The number of anilines is 1. The van der Waals surface area contributed by atoms with Crippen molar-refractivity contribution in [2.45, 2.75) is 26.8 Å². The second-order valence-electron chi connectivity index (χ2n) is 4.61. The van der Waals surface area contributed by atoms with E-state index in [4.69, 9.17) is 0 Å². The van der Waals surface area contributed by atoms with Crippen molar-refractivity contribution in [3.8, 4) is 0 Å². The smallest absolute Gasteiger partial charge is 0.293 e. The van der Waals surface area contributed by atoms with E-state index in [2.05, 4.69) is 10.3 Å². The molecule has 0 unspecified atom stereocenters. The number of nitrogens with zero attached hydrogens (tertiary/aromatic N) is 2. The molecule has 20 heavy (non-hydrogen) atoms. The predicted molar refractivity (Wildman–Crippen MR) is 77.5 cm³/mol. The Morgan fingerprint density at radius 2 is 2.20 bits per heavy atom. The van der Waals surface area contributed by atoms with Crippen LogP contribution in [0.2, 0.25) is 0 Å². The Morgan fingerprint density at radius 3 is 2.90 bits per heavy atom. The van der Waals surface area contributed by atoms with E-state index in [0.29, 0.717) is 25.3 Å². The average molecular weight is 275 g/mol. The maximum atomic E-state index is 13.0. The summed E-state index contributed by atoms with van der Waals surface area (Å²) in [5, 5.41) is 3.04. The number of nitrogens with one attached hydrogen (secondary N) is 1. The van der Waals surface area contributed by atoms with Crippen LogP contribution >= 0.6 is 0 Å². The third-order valence-electron chi connectivity index (χ3n) is 3.25. The lowest BCUT2D eigenvalue weighted by Gasteiger charge is -2.09. The summed E-state index contributed by atoms with van der Waals surface area (Å²) >= 11 is 0. The fraction of sp³-hybridized carbons (Fsp3) is 0.333. The van der Waals surface area contributed by atoms with Gasteiger partial charge in [-0.25, -0.2) is 9.37 Å². The molecule has 0 aliphatic heterocycles. The highest BCUT2D eigenvalue weighted by molar-refractivity contribution is 5.32. The van der Waals surface area contributed by atoms with Gasteiger partial charge in [0.05, 0.1) is 0 Å². The first kappa shape index (κ1) is 14.2. The van der Waals surface area contributed by atoms with Gasteiger partial charge in [-0.3, -0.25) is 4.79 Å². The topological polar surface area (TPSA) is 46.9 Å². The zero-order valence-electron chi connectivity index (χ0n) is 11.7. The van der Waals surface area contributed by atoms with Gasteiger partial charge in [0.1, 0.15) is 5.82 Å². The molecule has 0 saturated heterocycles. The standard InChI is InChI=1S/C15H18FN3O/c1-3-19-9-8-18-14(15(19)20)17-7-6-12-4-5-13(16)10-11(12)2/h4-5,8-10H,3,6-7H2,1-2H3,(H,17,18). The van der Waals surface area contributed by atoms with Crippen LogP contribution in [0.3, 0.4) is 0 Å². The zero-order valence-corrected chi connectivity index (χ0v) is 11.7. The van der Waals surface area contributed by atoms with Crippen molar-refractivity contribution in [2.75, 3.05) is 11.9 Å². The van der Waals surface area contributed by atoms with Crippen molar-refractivity contribution < 1.29 is 4.39 Å². The molecule has 2 rings (SSSR count). The number of hydrogen-bond donors (Lipinski definition) is 1. The molecule has 0 atom stereocenters. The molecule has 0 aliphatic carbocycles. The molecule has 1 aromatic heterocycles. The minimum atomic E-state index is -0.227. The summed E-state index contributed by atoms with van der Waals surface area (Å²) in [6.07, 6.45) is 3.99. The molecule has 0 amide bonds. The largest absolute Gasteiger partial charge is 0.365 e. The number of halogens is 1. The minimum absolute atomic E-state index is 0.120. The third kappa shape index (κ3) is 3.23.